The van der Waals surface area contributed by atoms with Gasteiger partial charge in [-0.05, 0) is 31.0 Å². The van der Waals surface area contributed by atoms with E-state index in [0.29, 0.717) is 0 Å². The Labute approximate surface area is 91.7 Å². The summed E-state index contributed by atoms with van der Waals surface area (Å²) >= 11 is 0. The van der Waals surface area contributed by atoms with Crippen molar-refractivity contribution in [3.63, 3.8) is 0 Å². The van der Waals surface area contributed by atoms with Crippen LogP contribution in [0.15, 0.2) is 36.9 Å². The van der Waals surface area contributed by atoms with Crippen molar-refractivity contribution in [2.75, 3.05) is 0 Å². The molecule has 1 unspecified atom stereocenters. The van der Waals surface area contributed by atoms with Gasteiger partial charge in [0.25, 0.3) is 0 Å². The average molecular weight is 205 g/mol. The molecule has 0 aromatic heterocycles. The molecule has 1 aromatic carbocycles. The average Bonchev–Trinajstić information content (AvgIpc) is 2.29. The second-order valence-electron chi connectivity index (χ2n) is 3.64. The van der Waals surface area contributed by atoms with Crippen LogP contribution in [0.4, 0.5) is 0 Å². The van der Waals surface area contributed by atoms with Crippen molar-refractivity contribution >= 4 is 0 Å². The van der Waals surface area contributed by atoms with E-state index < -0.39 is 0 Å². The molecule has 0 heterocycles. The van der Waals surface area contributed by atoms with Crippen molar-refractivity contribution in [2.45, 2.75) is 32.4 Å². The van der Waals surface area contributed by atoms with E-state index >= 15 is 0 Å². The van der Waals surface area contributed by atoms with Gasteiger partial charge in [-0.15, -0.1) is 0 Å². The molecule has 15 heavy (non-hydrogen) atoms. The van der Waals surface area contributed by atoms with Crippen LogP contribution in [0.3, 0.4) is 0 Å². The van der Waals surface area contributed by atoms with Crippen molar-refractivity contribution in [1.29, 1.82) is 0 Å². The van der Waals surface area contributed by atoms with E-state index in [1.807, 2.05) is 31.2 Å². The maximum Gasteiger partial charge on any atom is 0.120 e. The van der Waals surface area contributed by atoms with E-state index in [1.165, 1.54) is 0 Å². The van der Waals surface area contributed by atoms with Gasteiger partial charge in [-0.3, -0.25) is 0 Å². The zero-order valence-corrected chi connectivity index (χ0v) is 9.44. The third-order valence-corrected chi connectivity index (χ3v) is 2.40. The van der Waals surface area contributed by atoms with Crippen LogP contribution >= 0.6 is 0 Å². The highest BCUT2D eigenvalue weighted by Crippen LogP contribution is 2.19. The lowest BCUT2D eigenvalue weighted by molar-refractivity contribution is 0.270. The Morgan fingerprint density at radius 3 is 2.47 bits per heavy atom. The van der Waals surface area contributed by atoms with Gasteiger partial charge < -0.3 is 10.5 Å². The lowest BCUT2D eigenvalue weighted by atomic mass is 10.1. The number of rotatable bonds is 5. The van der Waals surface area contributed by atoms with Crippen LogP contribution in [0.5, 0.6) is 5.75 Å². The molecule has 1 rings (SSSR count). The van der Waals surface area contributed by atoms with Gasteiger partial charge in [0, 0.05) is 6.04 Å². The lowest BCUT2D eigenvalue weighted by Gasteiger charge is -2.12. The maximum atomic E-state index is 5.91. The third-order valence-electron chi connectivity index (χ3n) is 2.40. The number of ether oxygens (including phenoxy) is 1. The molecular weight excluding hydrogens is 186 g/mol. The van der Waals surface area contributed by atoms with Crippen LogP contribution in [0.25, 0.3) is 0 Å². The number of benzene rings is 1. The van der Waals surface area contributed by atoms with Gasteiger partial charge >= 0.3 is 0 Å². The third kappa shape index (κ3) is 3.40. The molecule has 2 heteroatoms. The molecule has 0 bridgehead atoms. The van der Waals surface area contributed by atoms with Gasteiger partial charge in [0.1, 0.15) is 11.9 Å². The van der Waals surface area contributed by atoms with Crippen LogP contribution in [0, 0.1) is 0 Å². The summed E-state index contributed by atoms with van der Waals surface area (Å²) < 4.78 is 5.57. The minimum Gasteiger partial charge on any atom is -0.487 e. The van der Waals surface area contributed by atoms with Gasteiger partial charge in [0.2, 0.25) is 0 Å². The molecule has 0 fully saturated rings. The van der Waals surface area contributed by atoms with Gasteiger partial charge in [0.05, 0.1) is 0 Å². The van der Waals surface area contributed by atoms with Crippen LogP contribution in [-0.4, -0.2) is 6.10 Å². The van der Waals surface area contributed by atoms with Crippen molar-refractivity contribution in [3.8, 4) is 5.75 Å². The maximum absolute atomic E-state index is 5.91. The van der Waals surface area contributed by atoms with Crippen molar-refractivity contribution in [3.05, 3.63) is 42.5 Å². The molecule has 82 valence electrons. The molecular formula is C13H19NO. The van der Waals surface area contributed by atoms with E-state index in [-0.39, 0.29) is 12.1 Å². The Morgan fingerprint density at radius 2 is 2.00 bits per heavy atom. The molecule has 2 atom stereocenters. The summed E-state index contributed by atoms with van der Waals surface area (Å²) in [6.07, 6.45) is 2.75. The zero-order chi connectivity index (χ0) is 11.3. The van der Waals surface area contributed by atoms with E-state index in [1.54, 1.807) is 6.08 Å². The fourth-order valence-electron chi connectivity index (χ4n) is 1.29. The zero-order valence-electron chi connectivity index (χ0n) is 9.44. The first-order valence-corrected chi connectivity index (χ1v) is 5.32. The first-order chi connectivity index (χ1) is 7.17. The van der Waals surface area contributed by atoms with Crippen molar-refractivity contribution in [1.82, 2.24) is 0 Å². The summed E-state index contributed by atoms with van der Waals surface area (Å²) in [5.41, 5.74) is 7.06. The van der Waals surface area contributed by atoms with Crippen LogP contribution in [-0.2, 0) is 0 Å². The number of hydrogen-bond acceptors (Lipinski definition) is 2. The van der Waals surface area contributed by atoms with E-state index in [0.717, 1.165) is 17.7 Å². The van der Waals surface area contributed by atoms with Gasteiger partial charge in [0.15, 0.2) is 0 Å². The fraction of sp³-hybridized carbons (Fsp3) is 0.385. The van der Waals surface area contributed by atoms with Crippen LogP contribution in [0.2, 0.25) is 0 Å². The summed E-state index contributed by atoms with van der Waals surface area (Å²) in [6.45, 7) is 7.71. The monoisotopic (exact) mass is 205 g/mol. The molecule has 2 nitrogen and oxygen atoms in total. The van der Waals surface area contributed by atoms with E-state index in [9.17, 15) is 0 Å². The predicted molar refractivity (Wildman–Crippen MR) is 63.9 cm³/mol. The van der Waals surface area contributed by atoms with Crippen molar-refractivity contribution < 1.29 is 4.74 Å². The highest BCUT2D eigenvalue weighted by atomic mass is 16.5. The smallest absolute Gasteiger partial charge is 0.120 e. The normalized spacial score (nSPS) is 14.3. The largest absolute Gasteiger partial charge is 0.487 e. The lowest BCUT2D eigenvalue weighted by Crippen LogP contribution is -2.09. The molecule has 0 aliphatic rings. The van der Waals surface area contributed by atoms with E-state index in [2.05, 4.69) is 13.5 Å². The minimum atomic E-state index is 0.0377. The van der Waals surface area contributed by atoms with Gasteiger partial charge in [-0.25, -0.2) is 0 Å². The Hall–Kier alpha value is -1.28. The fourth-order valence-corrected chi connectivity index (χ4v) is 1.29. The summed E-state index contributed by atoms with van der Waals surface area (Å²) in [4.78, 5) is 0. The molecule has 0 saturated carbocycles. The highest BCUT2D eigenvalue weighted by Gasteiger charge is 2.03. The first-order valence-electron chi connectivity index (χ1n) is 5.32. The standard InChI is InChI=1S/C13H19NO/c1-4-10(3)15-12-8-6-11(7-9-12)13(14)5-2/h4,6-10,13H,1,5,14H2,2-3H3/t10?,13-/m1/s1. The molecule has 0 amide bonds. The van der Waals surface area contributed by atoms with Crippen LogP contribution in [0.1, 0.15) is 31.9 Å². The Balaban J connectivity index is 2.67. The molecule has 1 aromatic rings. The predicted octanol–water partition coefficient (Wildman–Crippen LogP) is 3.05. The molecule has 0 radical (unpaired) electrons. The first kappa shape index (κ1) is 11.8. The molecule has 0 spiro atoms. The quantitative estimate of drug-likeness (QED) is 0.750. The van der Waals surface area contributed by atoms with Gasteiger partial charge in [-0.2, -0.15) is 0 Å². The topological polar surface area (TPSA) is 35.2 Å². The molecule has 0 aliphatic carbocycles. The molecule has 0 saturated heterocycles. The minimum absolute atomic E-state index is 0.0377. The van der Waals surface area contributed by atoms with E-state index in [4.69, 9.17) is 10.5 Å². The number of hydrogen-bond donors (Lipinski definition) is 1. The van der Waals surface area contributed by atoms with Crippen LogP contribution < -0.4 is 10.5 Å². The highest BCUT2D eigenvalue weighted by molar-refractivity contribution is 5.29. The summed E-state index contributed by atoms with van der Waals surface area (Å²) in [6, 6.07) is 8.05. The summed E-state index contributed by atoms with van der Waals surface area (Å²) in [5.74, 6) is 0.856. The second-order valence-corrected chi connectivity index (χ2v) is 3.64. The Morgan fingerprint density at radius 1 is 1.40 bits per heavy atom. The molecule has 2 N–H and O–H groups in total. The Kier molecular flexibility index (Phi) is 4.37. The molecule has 0 aliphatic heterocycles. The number of nitrogens with two attached hydrogens (primary N) is 1. The van der Waals surface area contributed by atoms with Crippen molar-refractivity contribution in [2.24, 2.45) is 5.73 Å². The Bertz CT molecular complexity index is 305. The summed E-state index contributed by atoms with van der Waals surface area (Å²) in [7, 11) is 0. The van der Waals surface area contributed by atoms with Gasteiger partial charge in [-0.1, -0.05) is 31.7 Å². The summed E-state index contributed by atoms with van der Waals surface area (Å²) in [5, 5.41) is 0. The SMILES string of the molecule is C=CC(C)Oc1ccc([C@H](N)CC)cc1. The second kappa shape index (κ2) is 5.56.